The number of aliphatic hydroxyl groups excluding tert-OH is 14. The molecule has 372 valence electrons. The van der Waals surface area contributed by atoms with Crippen molar-refractivity contribution in [2.24, 2.45) is 0 Å². The van der Waals surface area contributed by atoms with Crippen LogP contribution in [0.15, 0.2) is 30.3 Å². The summed E-state index contributed by atoms with van der Waals surface area (Å²) in [6.07, 6.45) is -42.9. The molecule has 5 fully saturated rings. The first kappa shape index (κ1) is 52.1. The maximum atomic E-state index is 12.6. The van der Waals surface area contributed by atoms with Gasteiger partial charge < -0.3 is 124 Å². The second-order valence-electron chi connectivity index (χ2n) is 16.5. The minimum atomic E-state index is -2.15. The summed E-state index contributed by atoms with van der Waals surface area (Å²) in [7, 11) is 0. The fourth-order valence-electron chi connectivity index (χ4n) is 8.11. The fourth-order valence-corrected chi connectivity index (χ4v) is 8.11. The Morgan fingerprint density at radius 2 is 1.05 bits per heavy atom. The van der Waals surface area contributed by atoms with Crippen molar-refractivity contribution < 1.29 is 124 Å². The van der Waals surface area contributed by atoms with Gasteiger partial charge in [0.25, 0.3) is 0 Å². The molecule has 0 aliphatic carbocycles. The molecule has 0 unspecified atom stereocenters. The third-order valence-corrected chi connectivity index (χ3v) is 11.9. The van der Waals surface area contributed by atoms with Gasteiger partial charge in [-0.1, -0.05) is 30.3 Å². The summed E-state index contributed by atoms with van der Waals surface area (Å²) in [6.45, 7) is -0.495. The van der Waals surface area contributed by atoms with Gasteiger partial charge in [-0.2, -0.15) is 0 Å². The van der Waals surface area contributed by atoms with E-state index in [1.165, 1.54) is 6.92 Å². The standard InChI is InChI=1S/C39H61NO25/c1-13-21(44)25(48)29(52)37(58-13)65-34-24(47)18(12-57-36-28(51)26(49)22(45)16(8-41)60-36)62-39(31(34)54)64-33-20(40-14(2)43)35(55)59-19(11-56-10-15-6-4-3-5-7-15)32(33)63-38-30(53)27(50)23(46)17(9-42)61-38/h3-7,13,16-39,41-42,44-55H,8-12H2,1-2H3,(H,40,43)/t13-,16+,17+,18+,19+,20+,21-,22+,23+,24+,25+,26-,27-,28+,29+,30+,31+,32-,33+,34-,35-,36-,37-,38+,39-/m0/s1. The summed E-state index contributed by atoms with van der Waals surface area (Å²) in [5.41, 5.74) is 0.711. The van der Waals surface area contributed by atoms with Gasteiger partial charge in [-0.25, -0.2) is 0 Å². The Kier molecular flexibility index (Phi) is 18.4. The van der Waals surface area contributed by atoms with Gasteiger partial charge in [0.15, 0.2) is 31.5 Å². The first-order valence-corrected chi connectivity index (χ1v) is 21.0. The number of hydrogen-bond donors (Lipinski definition) is 15. The van der Waals surface area contributed by atoms with E-state index >= 15 is 0 Å². The van der Waals surface area contributed by atoms with Crippen LogP contribution in [0, 0.1) is 0 Å². The second-order valence-corrected chi connectivity index (χ2v) is 16.5. The molecular formula is C39H61NO25. The van der Waals surface area contributed by atoms with Crippen molar-refractivity contribution in [2.75, 3.05) is 26.4 Å². The van der Waals surface area contributed by atoms with Crippen molar-refractivity contribution in [3.63, 3.8) is 0 Å². The maximum Gasteiger partial charge on any atom is 0.217 e. The van der Waals surface area contributed by atoms with Crippen LogP contribution >= 0.6 is 0 Å². The second kappa shape index (κ2) is 22.9. The van der Waals surface area contributed by atoms with Crippen molar-refractivity contribution in [2.45, 2.75) is 174 Å². The number of ether oxygens (including phenoxy) is 10. The van der Waals surface area contributed by atoms with Crippen LogP contribution in [0.1, 0.15) is 19.4 Å². The molecule has 25 atom stereocenters. The molecule has 26 nitrogen and oxygen atoms in total. The van der Waals surface area contributed by atoms with Crippen LogP contribution in [0.25, 0.3) is 0 Å². The molecule has 5 aliphatic rings. The van der Waals surface area contributed by atoms with Gasteiger partial charge in [0.2, 0.25) is 5.91 Å². The maximum absolute atomic E-state index is 12.6. The zero-order valence-electron chi connectivity index (χ0n) is 35.1. The minimum Gasteiger partial charge on any atom is -0.394 e. The van der Waals surface area contributed by atoms with Gasteiger partial charge >= 0.3 is 0 Å². The van der Waals surface area contributed by atoms with Crippen LogP contribution in [0.2, 0.25) is 0 Å². The van der Waals surface area contributed by atoms with Crippen molar-refractivity contribution in [1.82, 2.24) is 5.32 Å². The molecule has 6 rings (SSSR count). The topological polar surface area (TPSA) is 405 Å². The highest BCUT2D eigenvalue weighted by molar-refractivity contribution is 5.73. The Labute approximate surface area is 370 Å². The monoisotopic (exact) mass is 943 g/mol. The number of hydrogen-bond acceptors (Lipinski definition) is 25. The molecule has 5 saturated heterocycles. The first-order valence-electron chi connectivity index (χ1n) is 21.0. The quantitative estimate of drug-likeness (QED) is 0.0732. The van der Waals surface area contributed by atoms with E-state index in [0.29, 0.717) is 5.56 Å². The lowest BCUT2D eigenvalue weighted by atomic mass is 9.94. The van der Waals surface area contributed by atoms with Gasteiger partial charge in [-0.3, -0.25) is 4.79 Å². The average molecular weight is 944 g/mol. The Balaban J connectivity index is 1.34. The van der Waals surface area contributed by atoms with Crippen molar-refractivity contribution in [3.8, 4) is 0 Å². The zero-order chi connectivity index (χ0) is 47.4. The summed E-state index contributed by atoms with van der Waals surface area (Å²) in [5, 5.41) is 152. The van der Waals surface area contributed by atoms with E-state index in [1.807, 2.05) is 0 Å². The third-order valence-electron chi connectivity index (χ3n) is 11.9. The Morgan fingerprint density at radius 1 is 0.538 bits per heavy atom. The number of aliphatic hydroxyl groups is 14. The van der Waals surface area contributed by atoms with Gasteiger partial charge in [-0.15, -0.1) is 0 Å². The Morgan fingerprint density at radius 3 is 1.65 bits per heavy atom. The average Bonchev–Trinajstić information content (AvgIpc) is 3.28. The molecule has 26 heteroatoms. The summed E-state index contributed by atoms with van der Waals surface area (Å²) < 4.78 is 58.4. The number of benzene rings is 1. The van der Waals surface area contributed by atoms with Crippen LogP contribution in [0.5, 0.6) is 0 Å². The Hall–Kier alpha value is -2.27. The van der Waals surface area contributed by atoms with Crippen LogP contribution in [0.4, 0.5) is 0 Å². The molecule has 0 spiro atoms. The number of carbonyl (C=O) groups is 1. The van der Waals surface area contributed by atoms with Crippen LogP contribution in [0.3, 0.4) is 0 Å². The fraction of sp³-hybridized carbons (Fsp3) is 0.821. The number of nitrogens with one attached hydrogen (secondary N) is 1. The molecule has 1 amide bonds. The van der Waals surface area contributed by atoms with Gasteiger partial charge in [0.1, 0.15) is 116 Å². The van der Waals surface area contributed by atoms with E-state index in [0.717, 1.165) is 6.92 Å². The van der Waals surface area contributed by atoms with E-state index in [1.54, 1.807) is 30.3 Å². The summed E-state index contributed by atoms with van der Waals surface area (Å²) in [4.78, 5) is 12.6. The SMILES string of the molecule is CC(=O)N[C@@H]1[C@@H](O[C@@H]2O[C@H](CO[C@H]3O[C@H](CO)[C@@H](O)[C@H](O)[C@H]3O)[C@@H](O)[C@H](O[C@@H]3O[C@@H](C)[C@H](O)[C@@H](O)[C@H]3O)[C@H]2O)[C@@H](O[C@H]2O[C@H](CO)[C@@H](O)[C@H](O)[C@H]2O)[C@@H](COCc2ccccc2)O[C@@H]1O. The van der Waals surface area contributed by atoms with Crippen LogP contribution in [-0.2, 0) is 58.8 Å². The van der Waals surface area contributed by atoms with E-state index in [4.69, 9.17) is 47.4 Å². The van der Waals surface area contributed by atoms with Gasteiger partial charge in [0.05, 0.1) is 39.1 Å². The summed E-state index contributed by atoms with van der Waals surface area (Å²) >= 11 is 0. The van der Waals surface area contributed by atoms with E-state index in [9.17, 15) is 76.3 Å². The van der Waals surface area contributed by atoms with Crippen molar-refractivity contribution >= 4 is 5.91 Å². The molecule has 5 aliphatic heterocycles. The van der Waals surface area contributed by atoms with E-state index in [2.05, 4.69) is 5.32 Å². The number of carbonyl (C=O) groups excluding carboxylic acids is 1. The lowest BCUT2D eigenvalue weighted by Crippen LogP contribution is -2.70. The molecule has 1 aromatic carbocycles. The van der Waals surface area contributed by atoms with Crippen molar-refractivity contribution in [1.29, 1.82) is 0 Å². The molecule has 15 N–H and O–H groups in total. The molecule has 0 radical (unpaired) electrons. The van der Waals surface area contributed by atoms with Gasteiger partial charge in [0, 0.05) is 6.92 Å². The van der Waals surface area contributed by atoms with Crippen molar-refractivity contribution in [3.05, 3.63) is 35.9 Å². The van der Waals surface area contributed by atoms with Crippen LogP contribution in [-0.4, -0.2) is 257 Å². The molecular weight excluding hydrogens is 882 g/mol. The first-order chi connectivity index (χ1) is 30.9. The lowest BCUT2D eigenvalue weighted by Gasteiger charge is -2.50. The molecule has 0 aromatic heterocycles. The molecule has 5 heterocycles. The normalized spacial score (nSPS) is 47.3. The molecule has 0 bridgehead atoms. The van der Waals surface area contributed by atoms with E-state index < -0.39 is 186 Å². The predicted molar refractivity (Wildman–Crippen MR) is 206 cm³/mol. The molecule has 1 aromatic rings. The Bertz CT molecular complexity index is 1620. The summed E-state index contributed by atoms with van der Waals surface area (Å²) in [6, 6.07) is 7.14. The number of rotatable bonds is 16. The minimum absolute atomic E-state index is 0.0128. The predicted octanol–water partition coefficient (Wildman–Crippen LogP) is -8.53. The smallest absolute Gasteiger partial charge is 0.217 e. The van der Waals surface area contributed by atoms with E-state index in [-0.39, 0.29) is 6.61 Å². The molecule has 65 heavy (non-hydrogen) atoms. The third kappa shape index (κ3) is 11.8. The highest BCUT2D eigenvalue weighted by Crippen LogP contribution is 2.36. The highest BCUT2D eigenvalue weighted by Gasteiger charge is 2.56. The van der Waals surface area contributed by atoms with Crippen LogP contribution < -0.4 is 5.32 Å². The zero-order valence-corrected chi connectivity index (χ0v) is 35.1. The lowest BCUT2D eigenvalue weighted by molar-refractivity contribution is -0.388. The number of amides is 1. The largest absolute Gasteiger partial charge is 0.394 e. The summed E-state index contributed by atoms with van der Waals surface area (Å²) in [5.74, 6) is -0.762. The molecule has 0 saturated carbocycles. The highest BCUT2D eigenvalue weighted by atomic mass is 16.8. The van der Waals surface area contributed by atoms with Gasteiger partial charge in [-0.05, 0) is 12.5 Å².